The number of carboxylic acids is 1. The maximum absolute atomic E-state index is 11.6. The van der Waals surface area contributed by atoms with E-state index in [0.29, 0.717) is 5.00 Å². The minimum atomic E-state index is -1.49. The summed E-state index contributed by atoms with van der Waals surface area (Å²) >= 11 is 1.17. The van der Waals surface area contributed by atoms with E-state index in [-0.39, 0.29) is 12.0 Å². The van der Waals surface area contributed by atoms with E-state index in [2.05, 4.69) is 10.3 Å². The van der Waals surface area contributed by atoms with Crippen LogP contribution < -0.4 is 5.32 Å². The van der Waals surface area contributed by atoms with Crippen molar-refractivity contribution >= 4 is 28.1 Å². The molecule has 3 N–H and O–H groups in total. The molecule has 1 rings (SSSR count). The van der Waals surface area contributed by atoms with E-state index in [1.54, 1.807) is 7.05 Å². The molecule has 15 heavy (non-hydrogen) atoms. The van der Waals surface area contributed by atoms with E-state index in [4.69, 9.17) is 10.2 Å². The molecule has 0 aliphatic heterocycles. The molecule has 0 aliphatic rings. The van der Waals surface area contributed by atoms with Gasteiger partial charge in [0.05, 0.1) is 11.8 Å². The zero-order valence-corrected chi connectivity index (χ0v) is 8.54. The lowest BCUT2D eigenvalue weighted by Gasteiger charge is -2.00. The molecule has 1 aromatic heterocycles. The number of aromatic nitrogens is 1. The Labute approximate surface area is 88.9 Å². The summed E-state index contributed by atoms with van der Waals surface area (Å²) in [5.41, 5.74) is 0.693. The molecule has 7 heteroatoms. The van der Waals surface area contributed by atoms with Gasteiger partial charge in [-0.25, -0.2) is 9.78 Å². The van der Waals surface area contributed by atoms with E-state index in [9.17, 15) is 9.59 Å². The minimum absolute atomic E-state index is 0.00907. The molecule has 0 atom stereocenters. The number of carbonyl (C=O) groups excluding carboxylic acids is 1. The molecule has 1 aromatic rings. The Hall–Kier alpha value is -1.89. The topological polar surface area (TPSA) is 99.5 Å². The third-order valence-electron chi connectivity index (χ3n) is 1.61. The Morgan fingerprint density at radius 3 is 2.73 bits per heavy atom. The van der Waals surface area contributed by atoms with E-state index in [0.717, 1.165) is 0 Å². The van der Waals surface area contributed by atoms with Crippen LogP contribution in [0.1, 0.15) is 10.5 Å². The van der Waals surface area contributed by atoms with Crippen LogP contribution in [-0.4, -0.2) is 34.0 Å². The van der Waals surface area contributed by atoms with Crippen LogP contribution in [0.4, 0.5) is 5.00 Å². The zero-order chi connectivity index (χ0) is 11.4. The van der Waals surface area contributed by atoms with E-state index in [1.165, 1.54) is 16.8 Å². The maximum atomic E-state index is 11.6. The van der Waals surface area contributed by atoms with Gasteiger partial charge in [0.25, 0.3) is 0 Å². The lowest BCUT2D eigenvalue weighted by atomic mass is 10.1. The number of rotatable bonds is 4. The number of aliphatic hydroxyl groups excluding tert-OH is 1. The van der Waals surface area contributed by atoms with Crippen molar-refractivity contribution < 1.29 is 19.8 Å². The SMILES string of the molecule is CNc1scnc1C(=O)C(=CO)C(=O)O. The van der Waals surface area contributed by atoms with E-state index in [1.807, 2.05) is 0 Å². The van der Waals surface area contributed by atoms with Crippen molar-refractivity contribution in [3.63, 3.8) is 0 Å². The molecule has 80 valence electrons. The fraction of sp³-hybridized carbons (Fsp3) is 0.125. The average Bonchev–Trinajstić information content (AvgIpc) is 2.65. The molecule has 0 bridgehead atoms. The summed E-state index contributed by atoms with van der Waals surface area (Å²) in [5, 5.41) is 20.4. The van der Waals surface area contributed by atoms with Gasteiger partial charge >= 0.3 is 5.97 Å². The normalized spacial score (nSPS) is 11.1. The monoisotopic (exact) mass is 228 g/mol. The Morgan fingerprint density at radius 1 is 1.60 bits per heavy atom. The number of carboxylic acid groups (broad SMARTS) is 1. The number of hydrogen-bond acceptors (Lipinski definition) is 6. The van der Waals surface area contributed by atoms with E-state index >= 15 is 0 Å². The number of aliphatic hydroxyl groups is 1. The lowest BCUT2D eigenvalue weighted by Crippen LogP contribution is -2.14. The van der Waals surface area contributed by atoms with Crippen LogP contribution in [0.5, 0.6) is 0 Å². The molecule has 0 saturated carbocycles. The number of nitrogens with one attached hydrogen (secondary N) is 1. The van der Waals surface area contributed by atoms with Crippen molar-refractivity contribution in [1.29, 1.82) is 0 Å². The Bertz CT molecular complexity index is 424. The third-order valence-corrected chi connectivity index (χ3v) is 2.46. The number of carbonyl (C=O) groups is 2. The second kappa shape index (κ2) is 4.56. The molecular weight excluding hydrogens is 220 g/mol. The Balaban J connectivity index is 3.09. The first-order valence-corrected chi connectivity index (χ1v) is 4.73. The van der Waals surface area contributed by atoms with Crippen molar-refractivity contribution in [1.82, 2.24) is 4.98 Å². The summed E-state index contributed by atoms with van der Waals surface area (Å²) in [4.78, 5) is 25.9. The van der Waals surface area contributed by atoms with Crippen LogP contribution >= 0.6 is 11.3 Å². The van der Waals surface area contributed by atoms with Gasteiger partial charge in [0.1, 0.15) is 16.3 Å². The third kappa shape index (κ3) is 2.13. The van der Waals surface area contributed by atoms with Crippen LogP contribution in [0, 0.1) is 0 Å². The van der Waals surface area contributed by atoms with E-state index < -0.39 is 17.3 Å². The molecule has 0 spiro atoms. The lowest BCUT2D eigenvalue weighted by molar-refractivity contribution is -0.132. The van der Waals surface area contributed by atoms with Gasteiger partial charge in [0.15, 0.2) is 0 Å². The first-order chi connectivity index (χ1) is 7.11. The minimum Gasteiger partial charge on any atom is -0.515 e. The van der Waals surface area contributed by atoms with Gasteiger partial charge in [0, 0.05) is 7.05 Å². The quantitative estimate of drug-likeness (QED) is 0.233. The Morgan fingerprint density at radius 2 is 2.27 bits per heavy atom. The summed E-state index contributed by atoms with van der Waals surface area (Å²) < 4.78 is 0. The largest absolute Gasteiger partial charge is 0.515 e. The molecule has 0 amide bonds. The fourth-order valence-electron chi connectivity index (χ4n) is 0.924. The predicted octanol–water partition coefficient (Wildman–Crippen LogP) is 0.894. The molecule has 0 aromatic carbocycles. The van der Waals surface area contributed by atoms with Crippen LogP contribution in [0.15, 0.2) is 17.3 Å². The van der Waals surface area contributed by atoms with Crippen molar-refractivity contribution in [3.05, 3.63) is 23.0 Å². The second-order valence-corrected chi connectivity index (χ2v) is 3.31. The van der Waals surface area contributed by atoms with Crippen LogP contribution in [0.2, 0.25) is 0 Å². The highest BCUT2D eigenvalue weighted by molar-refractivity contribution is 7.14. The van der Waals surface area contributed by atoms with Crippen molar-refractivity contribution in [3.8, 4) is 0 Å². The van der Waals surface area contributed by atoms with Gasteiger partial charge in [-0.2, -0.15) is 0 Å². The highest BCUT2D eigenvalue weighted by Crippen LogP contribution is 2.21. The second-order valence-electron chi connectivity index (χ2n) is 2.46. The van der Waals surface area contributed by atoms with Crippen LogP contribution in [0.3, 0.4) is 0 Å². The molecule has 0 aliphatic carbocycles. The molecule has 6 nitrogen and oxygen atoms in total. The van der Waals surface area contributed by atoms with Gasteiger partial charge in [0.2, 0.25) is 5.78 Å². The molecule has 0 radical (unpaired) electrons. The van der Waals surface area contributed by atoms with Crippen molar-refractivity contribution in [2.45, 2.75) is 0 Å². The maximum Gasteiger partial charge on any atom is 0.342 e. The fourth-order valence-corrected chi connectivity index (χ4v) is 1.56. The first-order valence-electron chi connectivity index (χ1n) is 3.85. The molecule has 0 saturated heterocycles. The number of aliphatic carboxylic acids is 1. The highest BCUT2D eigenvalue weighted by atomic mass is 32.1. The Kier molecular flexibility index (Phi) is 3.40. The first kappa shape index (κ1) is 11.2. The number of thiazole rings is 1. The standard InChI is InChI=1S/C8H8N2O4S/c1-9-7-5(10-3-15-7)6(12)4(2-11)8(13)14/h2-3,9,11H,1H3,(H,13,14). The van der Waals surface area contributed by atoms with Crippen molar-refractivity contribution in [2.24, 2.45) is 0 Å². The summed E-state index contributed by atoms with van der Waals surface area (Å²) in [7, 11) is 1.59. The number of ketones is 1. The molecule has 0 unspecified atom stereocenters. The summed E-state index contributed by atoms with van der Waals surface area (Å²) in [6.07, 6.45) is 0.267. The summed E-state index contributed by atoms with van der Waals surface area (Å²) in [6.45, 7) is 0. The van der Waals surface area contributed by atoms with Gasteiger partial charge < -0.3 is 15.5 Å². The number of nitrogens with zero attached hydrogens (tertiary/aromatic N) is 1. The van der Waals surface area contributed by atoms with Crippen LogP contribution in [-0.2, 0) is 4.79 Å². The number of anilines is 1. The zero-order valence-electron chi connectivity index (χ0n) is 7.72. The predicted molar refractivity (Wildman–Crippen MR) is 54.3 cm³/mol. The van der Waals surface area contributed by atoms with Crippen molar-refractivity contribution in [2.75, 3.05) is 12.4 Å². The molecule has 1 heterocycles. The number of hydrogen-bond donors (Lipinski definition) is 3. The molecule has 0 fully saturated rings. The van der Waals surface area contributed by atoms with Crippen LogP contribution in [0.25, 0.3) is 0 Å². The summed E-state index contributed by atoms with van der Waals surface area (Å²) in [5.74, 6) is -2.31. The smallest absolute Gasteiger partial charge is 0.342 e. The van der Waals surface area contributed by atoms with Gasteiger partial charge in [-0.15, -0.1) is 11.3 Å². The molecular formula is C8H8N2O4S. The average molecular weight is 228 g/mol. The number of Topliss-reactive ketones (excluding diaryl/α,β-unsaturated/α-hetero) is 1. The van der Waals surface area contributed by atoms with Gasteiger partial charge in [-0.1, -0.05) is 0 Å². The highest BCUT2D eigenvalue weighted by Gasteiger charge is 2.23. The van der Waals surface area contributed by atoms with Gasteiger partial charge in [-0.3, -0.25) is 4.79 Å². The van der Waals surface area contributed by atoms with Gasteiger partial charge in [-0.05, 0) is 0 Å². The summed E-state index contributed by atoms with van der Waals surface area (Å²) in [6, 6.07) is 0.